The SMILES string of the molecule is C[C@H](/C=C/c1ccccc1)[C@H](CC(=O)O)OC1CCCCO1. The fourth-order valence-corrected chi connectivity index (χ4v) is 2.49. The van der Waals surface area contributed by atoms with E-state index in [-0.39, 0.29) is 24.7 Å². The van der Waals surface area contributed by atoms with Gasteiger partial charge in [0.2, 0.25) is 0 Å². The summed E-state index contributed by atoms with van der Waals surface area (Å²) in [6.45, 7) is 2.68. The third-order valence-corrected chi connectivity index (χ3v) is 3.82. The van der Waals surface area contributed by atoms with Gasteiger partial charge in [0.15, 0.2) is 6.29 Å². The Labute approximate surface area is 131 Å². The van der Waals surface area contributed by atoms with Crippen molar-refractivity contribution in [2.75, 3.05) is 6.61 Å². The second kappa shape index (κ2) is 8.71. The fourth-order valence-electron chi connectivity index (χ4n) is 2.49. The van der Waals surface area contributed by atoms with E-state index in [1.165, 1.54) is 0 Å². The first-order chi connectivity index (χ1) is 10.6. The van der Waals surface area contributed by atoms with Crippen molar-refractivity contribution in [2.24, 2.45) is 5.92 Å². The Morgan fingerprint density at radius 2 is 2.18 bits per heavy atom. The molecule has 0 amide bonds. The standard InChI is InChI=1S/C18H24O4/c1-14(10-11-15-7-3-2-4-8-15)16(13-17(19)20)22-18-9-5-6-12-21-18/h2-4,7-8,10-11,14,16,18H,5-6,9,12-13H2,1H3,(H,19,20)/b11-10+/t14-,16+,18?/m1/s1. The van der Waals surface area contributed by atoms with Crippen LogP contribution in [0.25, 0.3) is 6.08 Å². The number of carboxylic acid groups (broad SMARTS) is 1. The molecule has 1 aromatic rings. The van der Waals surface area contributed by atoms with Gasteiger partial charge in [-0.15, -0.1) is 0 Å². The fraction of sp³-hybridized carbons (Fsp3) is 0.500. The van der Waals surface area contributed by atoms with Crippen molar-refractivity contribution in [3.8, 4) is 0 Å². The number of aliphatic carboxylic acids is 1. The molecule has 1 saturated heterocycles. The molecule has 1 unspecified atom stereocenters. The molecule has 1 N–H and O–H groups in total. The highest BCUT2D eigenvalue weighted by Gasteiger charge is 2.25. The van der Waals surface area contributed by atoms with Crippen LogP contribution in [0.2, 0.25) is 0 Å². The number of ether oxygens (including phenoxy) is 2. The lowest BCUT2D eigenvalue weighted by Crippen LogP contribution is -2.32. The van der Waals surface area contributed by atoms with Crippen molar-refractivity contribution in [3.63, 3.8) is 0 Å². The van der Waals surface area contributed by atoms with Crippen molar-refractivity contribution in [2.45, 2.75) is 45.0 Å². The van der Waals surface area contributed by atoms with Crippen LogP contribution in [-0.2, 0) is 14.3 Å². The summed E-state index contributed by atoms with van der Waals surface area (Å²) in [4.78, 5) is 11.1. The van der Waals surface area contributed by atoms with E-state index in [4.69, 9.17) is 14.6 Å². The van der Waals surface area contributed by atoms with Crippen LogP contribution in [0.5, 0.6) is 0 Å². The van der Waals surface area contributed by atoms with E-state index in [0.717, 1.165) is 24.8 Å². The van der Waals surface area contributed by atoms with Crippen LogP contribution >= 0.6 is 0 Å². The van der Waals surface area contributed by atoms with Gasteiger partial charge in [0.1, 0.15) is 0 Å². The molecule has 0 saturated carbocycles. The summed E-state index contributed by atoms with van der Waals surface area (Å²) in [7, 11) is 0. The van der Waals surface area contributed by atoms with Gasteiger partial charge in [0, 0.05) is 12.5 Å². The third-order valence-electron chi connectivity index (χ3n) is 3.82. The molecule has 1 aliphatic heterocycles. The molecule has 0 radical (unpaired) electrons. The summed E-state index contributed by atoms with van der Waals surface area (Å²) >= 11 is 0. The minimum absolute atomic E-state index is 0.00170. The van der Waals surface area contributed by atoms with Crippen molar-refractivity contribution < 1.29 is 19.4 Å². The Bertz CT molecular complexity index is 477. The number of hydrogen-bond donors (Lipinski definition) is 1. The van der Waals surface area contributed by atoms with E-state index in [9.17, 15) is 4.79 Å². The highest BCUT2D eigenvalue weighted by molar-refractivity contribution is 5.67. The number of carbonyl (C=O) groups is 1. The van der Waals surface area contributed by atoms with Gasteiger partial charge in [-0.3, -0.25) is 4.79 Å². The van der Waals surface area contributed by atoms with Crippen molar-refractivity contribution in [1.82, 2.24) is 0 Å². The van der Waals surface area contributed by atoms with Crippen molar-refractivity contribution >= 4 is 12.0 Å². The molecule has 0 aliphatic carbocycles. The zero-order valence-corrected chi connectivity index (χ0v) is 13.0. The molecule has 0 bridgehead atoms. The first kappa shape index (κ1) is 16.7. The smallest absolute Gasteiger partial charge is 0.306 e. The largest absolute Gasteiger partial charge is 0.481 e. The van der Waals surface area contributed by atoms with E-state index in [2.05, 4.69) is 0 Å². The number of hydrogen-bond acceptors (Lipinski definition) is 3. The Hall–Kier alpha value is -1.65. The maximum Gasteiger partial charge on any atom is 0.306 e. The molecule has 3 atom stereocenters. The Morgan fingerprint density at radius 3 is 2.82 bits per heavy atom. The van der Waals surface area contributed by atoms with Crippen LogP contribution in [-0.4, -0.2) is 30.1 Å². The summed E-state index contributed by atoms with van der Waals surface area (Å²) in [5, 5.41) is 9.10. The molecule has 4 nitrogen and oxygen atoms in total. The molecule has 2 rings (SSSR count). The summed E-state index contributed by atoms with van der Waals surface area (Å²) in [5.74, 6) is -0.845. The van der Waals surface area contributed by atoms with Crippen LogP contribution in [0.1, 0.15) is 38.2 Å². The summed E-state index contributed by atoms with van der Waals surface area (Å²) in [5.41, 5.74) is 1.09. The molecular formula is C18H24O4. The first-order valence-corrected chi connectivity index (χ1v) is 7.87. The van der Waals surface area contributed by atoms with E-state index in [1.807, 2.05) is 49.4 Å². The third kappa shape index (κ3) is 5.62. The Kier molecular flexibility index (Phi) is 6.62. The molecule has 0 aromatic heterocycles. The van der Waals surface area contributed by atoms with Gasteiger partial charge in [-0.2, -0.15) is 0 Å². The summed E-state index contributed by atoms with van der Waals surface area (Å²) < 4.78 is 11.5. The van der Waals surface area contributed by atoms with E-state index in [0.29, 0.717) is 6.61 Å². The second-order valence-corrected chi connectivity index (χ2v) is 5.70. The van der Waals surface area contributed by atoms with Gasteiger partial charge >= 0.3 is 5.97 Å². The molecular weight excluding hydrogens is 280 g/mol. The predicted molar refractivity (Wildman–Crippen MR) is 85.4 cm³/mol. The average molecular weight is 304 g/mol. The lowest BCUT2D eigenvalue weighted by molar-refractivity contribution is -0.197. The molecule has 4 heteroatoms. The molecule has 0 spiro atoms. The lowest BCUT2D eigenvalue weighted by atomic mass is 10.00. The zero-order valence-electron chi connectivity index (χ0n) is 13.0. The monoisotopic (exact) mass is 304 g/mol. The van der Waals surface area contributed by atoms with E-state index >= 15 is 0 Å². The van der Waals surface area contributed by atoms with Gasteiger partial charge in [-0.25, -0.2) is 0 Å². The van der Waals surface area contributed by atoms with Crippen LogP contribution in [0.4, 0.5) is 0 Å². The summed E-state index contributed by atoms with van der Waals surface area (Å²) in [6.07, 6.45) is 6.30. The zero-order chi connectivity index (χ0) is 15.8. The highest BCUT2D eigenvalue weighted by atomic mass is 16.7. The van der Waals surface area contributed by atoms with Crippen molar-refractivity contribution in [1.29, 1.82) is 0 Å². The average Bonchev–Trinajstić information content (AvgIpc) is 2.53. The number of benzene rings is 1. The molecule has 1 fully saturated rings. The molecule has 120 valence electrons. The van der Waals surface area contributed by atoms with Crippen LogP contribution in [0, 0.1) is 5.92 Å². The van der Waals surface area contributed by atoms with Gasteiger partial charge < -0.3 is 14.6 Å². The van der Waals surface area contributed by atoms with Gasteiger partial charge in [0.05, 0.1) is 12.5 Å². The number of carboxylic acids is 1. The van der Waals surface area contributed by atoms with Crippen molar-refractivity contribution in [3.05, 3.63) is 42.0 Å². The highest BCUT2D eigenvalue weighted by Crippen LogP contribution is 2.22. The minimum Gasteiger partial charge on any atom is -0.481 e. The van der Waals surface area contributed by atoms with E-state index < -0.39 is 5.97 Å². The van der Waals surface area contributed by atoms with Crippen LogP contribution < -0.4 is 0 Å². The quantitative estimate of drug-likeness (QED) is 0.834. The van der Waals surface area contributed by atoms with E-state index in [1.54, 1.807) is 0 Å². The normalized spacial score (nSPS) is 21.6. The second-order valence-electron chi connectivity index (χ2n) is 5.70. The Morgan fingerprint density at radius 1 is 1.41 bits per heavy atom. The molecule has 1 aliphatic rings. The van der Waals surface area contributed by atoms with Gasteiger partial charge in [-0.1, -0.05) is 49.4 Å². The van der Waals surface area contributed by atoms with Gasteiger partial charge in [-0.05, 0) is 24.8 Å². The molecule has 22 heavy (non-hydrogen) atoms. The molecule has 1 heterocycles. The van der Waals surface area contributed by atoms with Crippen LogP contribution in [0.15, 0.2) is 36.4 Å². The van der Waals surface area contributed by atoms with Crippen LogP contribution in [0.3, 0.4) is 0 Å². The molecule has 1 aromatic carbocycles. The maximum atomic E-state index is 11.1. The topological polar surface area (TPSA) is 55.8 Å². The lowest BCUT2D eigenvalue weighted by Gasteiger charge is -2.29. The predicted octanol–water partition coefficient (Wildman–Crippen LogP) is 3.72. The number of rotatable bonds is 7. The first-order valence-electron chi connectivity index (χ1n) is 7.87. The summed E-state index contributed by atoms with van der Waals surface area (Å²) in [6, 6.07) is 9.95. The maximum absolute atomic E-state index is 11.1. The Balaban J connectivity index is 1.97. The van der Waals surface area contributed by atoms with Gasteiger partial charge in [0.25, 0.3) is 0 Å². The minimum atomic E-state index is -0.847.